The molecule has 3 nitrogen and oxygen atoms in total. The Morgan fingerprint density at radius 2 is 2.40 bits per heavy atom. The minimum atomic E-state index is 0.0707. The molecule has 0 aromatic carbocycles. The second-order valence-electron chi connectivity index (χ2n) is 4.44. The summed E-state index contributed by atoms with van der Waals surface area (Å²) in [5.74, 6) is 0. The van der Waals surface area contributed by atoms with Crippen molar-refractivity contribution in [3.63, 3.8) is 0 Å². The maximum Gasteiger partial charge on any atom is 0.0877 e. The molecule has 3 heteroatoms. The van der Waals surface area contributed by atoms with Gasteiger partial charge in [-0.3, -0.25) is 4.98 Å². The summed E-state index contributed by atoms with van der Waals surface area (Å²) in [6.07, 6.45) is 7.42. The summed E-state index contributed by atoms with van der Waals surface area (Å²) in [5.41, 5.74) is 1.33. The molecular weight excluding hydrogens is 188 g/mol. The van der Waals surface area contributed by atoms with Crippen LogP contribution in [0.3, 0.4) is 0 Å². The van der Waals surface area contributed by atoms with Crippen LogP contribution in [0.25, 0.3) is 0 Å². The standard InChI is InChI=1S/C12H16N2O/c1-3-10(9-13-6-1)11-12(4-2-5-12)15-8-7-14-11/h1,3,6,9,11,14H,2,4-5,7-8H2. The van der Waals surface area contributed by atoms with Crippen molar-refractivity contribution in [2.45, 2.75) is 30.9 Å². The van der Waals surface area contributed by atoms with E-state index in [4.69, 9.17) is 4.74 Å². The molecule has 1 saturated carbocycles. The van der Waals surface area contributed by atoms with Gasteiger partial charge in [0.2, 0.25) is 0 Å². The van der Waals surface area contributed by atoms with Crippen molar-refractivity contribution in [1.82, 2.24) is 10.3 Å². The van der Waals surface area contributed by atoms with Crippen LogP contribution in [0.15, 0.2) is 24.5 Å². The fourth-order valence-corrected chi connectivity index (χ4v) is 2.65. The van der Waals surface area contributed by atoms with Crippen LogP contribution >= 0.6 is 0 Å². The van der Waals surface area contributed by atoms with Crippen LogP contribution in [0, 0.1) is 0 Å². The van der Waals surface area contributed by atoms with Crippen LogP contribution in [0.4, 0.5) is 0 Å². The molecule has 1 N–H and O–H groups in total. The van der Waals surface area contributed by atoms with Gasteiger partial charge in [0, 0.05) is 18.9 Å². The maximum absolute atomic E-state index is 5.98. The number of aromatic nitrogens is 1. The van der Waals surface area contributed by atoms with Gasteiger partial charge < -0.3 is 10.1 Å². The topological polar surface area (TPSA) is 34.2 Å². The van der Waals surface area contributed by atoms with Gasteiger partial charge in [-0.15, -0.1) is 0 Å². The number of pyridine rings is 1. The first-order valence-corrected chi connectivity index (χ1v) is 5.68. The van der Waals surface area contributed by atoms with E-state index < -0.39 is 0 Å². The first kappa shape index (κ1) is 9.31. The number of hydrogen-bond acceptors (Lipinski definition) is 3. The van der Waals surface area contributed by atoms with Gasteiger partial charge in [0.05, 0.1) is 18.2 Å². The van der Waals surface area contributed by atoms with E-state index in [1.54, 1.807) is 0 Å². The van der Waals surface area contributed by atoms with Gasteiger partial charge in [-0.1, -0.05) is 6.07 Å². The van der Waals surface area contributed by atoms with Crippen molar-refractivity contribution in [2.24, 2.45) is 0 Å². The Morgan fingerprint density at radius 3 is 3.07 bits per heavy atom. The Balaban J connectivity index is 1.89. The lowest BCUT2D eigenvalue weighted by atomic mass is 9.72. The quantitative estimate of drug-likeness (QED) is 0.755. The molecule has 2 heterocycles. The number of rotatable bonds is 1. The van der Waals surface area contributed by atoms with Gasteiger partial charge in [-0.05, 0) is 30.9 Å². The van der Waals surface area contributed by atoms with Crippen LogP contribution in [-0.4, -0.2) is 23.7 Å². The zero-order chi connectivity index (χ0) is 10.1. The molecule has 1 aromatic heterocycles. The number of hydrogen-bond donors (Lipinski definition) is 1. The van der Waals surface area contributed by atoms with Crippen molar-refractivity contribution in [2.75, 3.05) is 13.2 Å². The van der Waals surface area contributed by atoms with E-state index in [2.05, 4.69) is 16.4 Å². The van der Waals surface area contributed by atoms with Crippen LogP contribution in [0.1, 0.15) is 30.9 Å². The molecule has 1 aromatic rings. The lowest BCUT2D eigenvalue weighted by Crippen LogP contribution is -2.56. The number of morpholine rings is 1. The molecule has 1 saturated heterocycles. The summed E-state index contributed by atoms with van der Waals surface area (Å²) in [6, 6.07) is 4.48. The number of nitrogens with one attached hydrogen (secondary N) is 1. The van der Waals surface area contributed by atoms with E-state index in [9.17, 15) is 0 Å². The highest BCUT2D eigenvalue weighted by Gasteiger charge is 2.47. The third-order valence-corrected chi connectivity index (χ3v) is 3.58. The van der Waals surface area contributed by atoms with Gasteiger partial charge in [0.15, 0.2) is 0 Å². The van der Waals surface area contributed by atoms with Crippen molar-refractivity contribution in [3.05, 3.63) is 30.1 Å². The summed E-state index contributed by atoms with van der Waals surface area (Å²) in [4.78, 5) is 4.19. The van der Waals surface area contributed by atoms with Crippen LogP contribution in [0.2, 0.25) is 0 Å². The number of ether oxygens (including phenoxy) is 1. The third-order valence-electron chi connectivity index (χ3n) is 3.58. The fraction of sp³-hybridized carbons (Fsp3) is 0.583. The molecule has 1 atom stereocenters. The van der Waals surface area contributed by atoms with E-state index in [-0.39, 0.29) is 5.60 Å². The van der Waals surface area contributed by atoms with Crippen molar-refractivity contribution >= 4 is 0 Å². The lowest BCUT2D eigenvalue weighted by Gasteiger charge is -2.50. The molecule has 1 aliphatic carbocycles. The minimum Gasteiger partial charge on any atom is -0.372 e. The van der Waals surface area contributed by atoms with E-state index in [0.29, 0.717) is 6.04 Å². The second-order valence-corrected chi connectivity index (χ2v) is 4.44. The zero-order valence-corrected chi connectivity index (χ0v) is 8.78. The highest BCUT2D eigenvalue weighted by Crippen LogP contribution is 2.46. The second kappa shape index (κ2) is 3.58. The van der Waals surface area contributed by atoms with Crippen LogP contribution < -0.4 is 5.32 Å². The van der Waals surface area contributed by atoms with Crippen LogP contribution in [0.5, 0.6) is 0 Å². The summed E-state index contributed by atoms with van der Waals surface area (Å²) in [7, 11) is 0. The van der Waals surface area contributed by atoms with E-state index in [1.807, 2.05) is 18.5 Å². The number of nitrogens with zero attached hydrogens (tertiary/aromatic N) is 1. The van der Waals surface area contributed by atoms with E-state index >= 15 is 0 Å². The molecule has 2 fully saturated rings. The maximum atomic E-state index is 5.98. The van der Waals surface area contributed by atoms with Gasteiger partial charge in [0.25, 0.3) is 0 Å². The molecule has 0 amide bonds. The predicted molar refractivity (Wildman–Crippen MR) is 57.5 cm³/mol. The Labute approximate surface area is 89.9 Å². The van der Waals surface area contributed by atoms with Gasteiger partial charge >= 0.3 is 0 Å². The lowest BCUT2D eigenvalue weighted by molar-refractivity contribution is -0.146. The van der Waals surface area contributed by atoms with E-state index in [0.717, 1.165) is 13.2 Å². The largest absolute Gasteiger partial charge is 0.372 e. The fourth-order valence-electron chi connectivity index (χ4n) is 2.65. The third kappa shape index (κ3) is 1.46. The van der Waals surface area contributed by atoms with Crippen molar-refractivity contribution < 1.29 is 4.74 Å². The van der Waals surface area contributed by atoms with Crippen LogP contribution in [-0.2, 0) is 4.74 Å². The highest BCUT2D eigenvalue weighted by molar-refractivity contribution is 5.21. The first-order valence-electron chi connectivity index (χ1n) is 5.68. The smallest absolute Gasteiger partial charge is 0.0877 e. The molecule has 1 spiro atoms. The highest BCUT2D eigenvalue weighted by atomic mass is 16.5. The molecule has 0 bridgehead atoms. The Kier molecular flexibility index (Phi) is 2.22. The molecular formula is C12H16N2O. The van der Waals surface area contributed by atoms with Gasteiger partial charge in [0.1, 0.15) is 0 Å². The van der Waals surface area contributed by atoms with Gasteiger partial charge in [-0.2, -0.15) is 0 Å². The molecule has 1 unspecified atom stereocenters. The van der Waals surface area contributed by atoms with Crippen molar-refractivity contribution in [3.8, 4) is 0 Å². The Hall–Kier alpha value is -0.930. The molecule has 1 aliphatic heterocycles. The molecule has 15 heavy (non-hydrogen) atoms. The Morgan fingerprint density at radius 1 is 1.47 bits per heavy atom. The predicted octanol–water partition coefficient (Wildman–Crippen LogP) is 1.67. The zero-order valence-electron chi connectivity index (χ0n) is 8.78. The summed E-state index contributed by atoms with van der Waals surface area (Å²) in [5, 5.41) is 3.56. The Bertz CT molecular complexity index is 335. The summed E-state index contributed by atoms with van der Waals surface area (Å²) >= 11 is 0. The molecule has 80 valence electrons. The monoisotopic (exact) mass is 204 g/mol. The average molecular weight is 204 g/mol. The molecule has 3 rings (SSSR count). The summed E-state index contributed by atoms with van der Waals surface area (Å²) < 4.78 is 5.98. The average Bonchev–Trinajstić information content (AvgIpc) is 2.28. The SMILES string of the molecule is c1cncc(C2NCCOC23CCC3)c1. The molecule has 2 aliphatic rings. The normalized spacial score (nSPS) is 28.7. The van der Waals surface area contributed by atoms with Crippen molar-refractivity contribution in [1.29, 1.82) is 0 Å². The molecule has 0 radical (unpaired) electrons. The first-order chi connectivity index (χ1) is 7.41. The van der Waals surface area contributed by atoms with Gasteiger partial charge in [-0.25, -0.2) is 0 Å². The van der Waals surface area contributed by atoms with E-state index in [1.165, 1.54) is 24.8 Å². The minimum absolute atomic E-state index is 0.0707. The summed E-state index contributed by atoms with van der Waals surface area (Å²) in [6.45, 7) is 1.79.